The van der Waals surface area contributed by atoms with Crippen LogP contribution in [0.4, 0.5) is 0 Å². The van der Waals surface area contributed by atoms with E-state index in [2.05, 4.69) is 0 Å². The molecule has 2 heteroatoms. The van der Waals surface area contributed by atoms with E-state index < -0.39 is 0 Å². The molecule has 0 saturated carbocycles. The smallest absolute Gasteiger partial charge is 0.309 e. The lowest BCUT2D eigenvalue weighted by Crippen LogP contribution is -2.08. The molecule has 0 unspecified atom stereocenters. The number of rotatable bonds is 5. The zero-order chi connectivity index (χ0) is 9.40. The third kappa shape index (κ3) is 11.2. The van der Waals surface area contributed by atoms with Crippen molar-refractivity contribution >= 4 is 5.97 Å². The summed E-state index contributed by atoms with van der Waals surface area (Å²) in [6, 6.07) is 0. The molecule has 0 N–H and O–H groups in total. The van der Waals surface area contributed by atoms with E-state index in [1.807, 2.05) is 32.9 Å². The van der Waals surface area contributed by atoms with Crippen LogP contribution in [0.5, 0.6) is 0 Å². The highest BCUT2D eigenvalue weighted by atomic mass is 16.5. The van der Waals surface area contributed by atoms with Crippen LogP contribution in [-0.4, -0.2) is 12.6 Å². The molecule has 0 radical (unpaired) electrons. The zero-order valence-corrected chi connectivity index (χ0v) is 8.17. The molecule has 0 aliphatic rings. The summed E-state index contributed by atoms with van der Waals surface area (Å²) < 4.78 is 4.96. The summed E-state index contributed by atoms with van der Waals surface area (Å²) in [4.78, 5) is 10.9. The summed E-state index contributed by atoms with van der Waals surface area (Å²) in [6.45, 7) is 6.61. The largest absolute Gasteiger partial charge is 0.465 e. The highest BCUT2D eigenvalue weighted by Gasteiger charge is 2.00. The van der Waals surface area contributed by atoms with Crippen molar-refractivity contribution < 1.29 is 9.53 Å². The van der Waals surface area contributed by atoms with Gasteiger partial charge in [0.05, 0.1) is 13.0 Å². The third-order valence-corrected chi connectivity index (χ3v) is 1.26. The van der Waals surface area contributed by atoms with E-state index in [0.717, 1.165) is 6.42 Å². The predicted octanol–water partition coefficient (Wildman–Crippen LogP) is 3.18. The van der Waals surface area contributed by atoms with Gasteiger partial charge in [-0.25, -0.2) is 0 Å². The first-order chi connectivity index (χ1) is 5.66. The summed E-state index contributed by atoms with van der Waals surface area (Å²) in [7, 11) is 0. The van der Waals surface area contributed by atoms with E-state index in [1.165, 1.54) is 0 Å². The molecule has 0 aromatic carbocycles. The van der Waals surface area contributed by atoms with Crippen LogP contribution in [0, 0.1) is 5.92 Å². The van der Waals surface area contributed by atoms with Crippen LogP contribution in [0.25, 0.3) is 0 Å². The molecular formula is C11H22O2. The van der Waals surface area contributed by atoms with E-state index in [4.69, 9.17) is 4.74 Å². The topological polar surface area (TPSA) is 26.3 Å². The Balaban J connectivity index is 0. The minimum absolute atomic E-state index is 0. The van der Waals surface area contributed by atoms with Crippen molar-refractivity contribution in [2.75, 3.05) is 6.61 Å². The molecule has 0 aromatic heterocycles. The number of hydrogen-bond acceptors (Lipinski definition) is 2. The van der Waals surface area contributed by atoms with Gasteiger partial charge in [-0.05, 0) is 12.3 Å². The molecule has 0 bridgehead atoms. The molecule has 0 aliphatic carbocycles. The summed E-state index contributed by atoms with van der Waals surface area (Å²) in [5.74, 6) is 0.289. The van der Waals surface area contributed by atoms with Crippen molar-refractivity contribution in [1.82, 2.24) is 0 Å². The zero-order valence-electron chi connectivity index (χ0n) is 8.17. The van der Waals surface area contributed by atoms with Crippen LogP contribution in [0.2, 0.25) is 0 Å². The lowest BCUT2D eigenvalue weighted by atomic mass is 10.2. The molecule has 13 heavy (non-hydrogen) atoms. The van der Waals surface area contributed by atoms with Gasteiger partial charge in [0.1, 0.15) is 0 Å². The van der Waals surface area contributed by atoms with Gasteiger partial charge < -0.3 is 4.74 Å². The maximum atomic E-state index is 10.9. The second-order valence-electron chi connectivity index (χ2n) is 3.16. The molecule has 0 saturated heterocycles. The monoisotopic (exact) mass is 186 g/mol. The van der Waals surface area contributed by atoms with Crippen molar-refractivity contribution in [3.05, 3.63) is 12.2 Å². The van der Waals surface area contributed by atoms with E-state index >= 15 is 0 Å². The van der Waals surface area contributed by atoms with Gasteiger partial charge in [0, 0.05) is 0 Å². The molecule has 0 heterocycles. The molecule has 0 fully saturated rings. The summed E-state index contributed by atoms with van der Waals surface area (Å²) in [6.07, 6.45) is 5.19. The fraction of sp³-hybridized carbons (Fsp3) is 0.727. The van der Waals surface area contributed by atoms with Gasteiger partial charge in [-0.3, -0.25) is 4.79 Å². The van der Waals surface area contributed by atoms with Gasteiger partial charge in [-0.2, -0.15) is 0 Å². The van der Waals surface area contributed by atoms with Gasteiger partial charge in [0.2, 0.25) is 0 Å². The van der Waals surface area contributed by atoms with Gasteiger partial charge in [-0.1, -0.05) is 40.3 Å². The summed E-state index contributed by atoms with van der Waals surface area (Å²) >= 11 is 0. The number of esters is 1. The Morgan fingerprint density at radius 3 is 2.46 bits per heavy atom. The SMILES string of the molecule is C.CC/C=C\CC(=O)OCC(C)C. The number of carbonyl (C=O) groups is 1. The van der Waals surface area contributed by atoms with Crippen LogP contribution in [0.3, 0.4) is 0 Å². The first-order valence-corrected chi connectivity index (χ1v) is 4.47. The molecule has 0 aromatic rings. The van der Waals surface area contributed by atoms with E-state index in [0.29, 0.717) is 18.9 Å². The van der Waals surface area contributed by atoms with Crippen LogP contribution in [0.15, 0.2) is 12.2 Å². The second kappa shape index (κ2) is 9.30. The molecule has 0 spiro atoms. The minimum atomic E-state index is -0.131. The minimum Gasteiger partial charge on any atom is -0.465 e. The van der Waals surface area contributed by atoms with Crippen LogP contribution >= 0.6 is 0 Å². The van der Waals surface area contributed by atoms with Crippen molar-refractivity contribution in [3.63, 3.8) is 0 Å². The van der Waals surface area contributed by atoms with Gasteiger partial charge in [0.15, 0.2) is 0 Å². The predicted molar refractivity (Wildman–Crippen MR) is 56.6 cm³/mol. The molecule has 0 amide bonds. The standard InChI is InChI=1S/C10H18O2.CH4/c1-4-5-6-7-10(11)12-8-9(2)3;/h5-6,9H,4,7-8H2,1-3H3;1H4/b6-5-;. The number of carbonyl (C=O) groups excluding carboxylic acids is 1. The van der Waals surface area contributed by atoms with Crippen LogP contribution in [-0.2, 0) is 9.53 Å². The van der Waals surface area contributed by atoms with Gasteiger partial charge in [-0.15, -0.1) is 0 Å². The van der Waals surface area contributed by atoms with E-state index in [9.17, 15) is 4.79 Å². The number of ether oxygens (including phenoxy) is 1. The molecule has 2 nitrogen and oxygen atoms in total. The molecular weight excluding hydrogens is 164 g/mol. The fourth-order valence-electron chi connectivity index (χ4n) is 0.665. The van der Waals surface area contributed by atoms with Crippen molar-refractivity contribution in [2.24, 2.45) is 5.92 Å². The average Bonchev–Trinajstić information content (AvgIpc) is 2.01. The fourth-order valence-corrected chi connectivity index (χ4v) is 0.665. The molecule has 78 valence electrons. The second-order valence-corrected chi connectivity index (χ2v) is 3.16. The van der Waals surface area contributed by atoms with Crippen LogP contribution in [0.1, 0.15) is 41.0 Å². The third-order valence-electron chi connectivity index (χ3n) is 1.26. The first kappa shape index (κ1) is 14.7. The Morgan fingerprint density at radius 2 is 2.00 bits per heavy atom. The van der Waals surface area contributed by atoms with Gasteiger partial charge >= 0.3 is 5.97 Å². The summed E-state index contributed by atoms with van der Waals surface area (Å²) in [5.41, 5.74) is 0. The Bertz CT molecular complexity index is 148. The maximum absolute atomic E-state index is 10.9. The lowest BCUT2D eigenvalue weighted by Gasteiger charge is -2.04. The molecule has 0 rings (SSSR count). The Kier molecular flexibility index (Phi) is 10.5. The Labute approximate surface area is 82.0 Å². The molecule has 0 atom stereocenters. The highest BCUT2D eigenvalue weighted by molar-refractivity contribution is 5.71. The number of allylic oxidation sites excluding steroid dienone is 1. The Hall–Kier alpha value is -0.790. The lowest BCUT2D eigenvalue weighted by molar-refractivity contribution is -0.143. The highest BCUT2D eigenvalue weighted by Crippen LogP contribution is 1.96. The quantitative estimate of drug-likeness (QED) is 0.487. The van der Waals surface area contributed by atoms with Crippen LogP contribution < -0.4 is 0 Å². The Morgan fingerprint density at radius 1 is 1.38 bits per heavy atom. The first-order valence-electron chi connectivity index (χ1n) is 4.47. The van der Waals surface area contributed by atoms with Crippen molar-refractivity contribution in [3.8, 4) is 0 Å². The summed E-state index contributed by atoms with van der Waals surface area (Å²) in [5, 5.41) is 0. The van der Waals surface area contributed by atoms with E-state index in [-0.39, 0.29) is 13.4 Å². The van der Waals surface area contributed by atoms with Gasteiger partial charge in [0.25, 0.3) is 0 Å². The average molecular weight is 186 g/mol. The molecule has 0 aliphatic heterocycles. The number of hydrogen-bond donors (Lipinski definition) is 0. The van der Waals surface area contributed by atoms with Crippen molar-refractivity contribution in [2.45, 2.75) is 41.0 Å². The van der Waals surface area contributed by atoms with Crippen molar-refractivity contribution in [1.29, 1.82) is 0 Å². The van der Waals surface area contributed by atoms with E-state index in [1.54, 1.807) is 0 Å². The normalized spacial score (nSPS) is 10.2. The maximum Gasteiger partial charge on any atom is 0.309 e.